The van der Waals surface area contributed by atoms with Gasteiger partial charge in [-0.15, -0.1) is 0 Å². The van der Waals surface area contributed by atoms with E-state index in [1.54, 1.807) is 29.6 Å². The molecule has 1 fully saturated rings. The molecule has 1 aromatic heterocycles. The van der Waals surface area contributed by atoms with E-state index in [1.807, 2.05) is 6.07 Å². The predicted molar refractivity (Wildman–Crippen MR) is 58.2 cm³/mol. The lowest BCUT2D eigenvalue weighted by Gasteiger charge is -2.04. The lowest BCUT2D eigenvalue weighted by molar-refractivity contribution is -0.123. The minimum atomic E-state index is 0.0431. The summed E-state index contributed by atoms with van der Waals surface area (Å²) in [6.45, 7) is 0.750. The van der Waals surface area contributed by atoms with Crippen LogP contribution in [-0.2, 0) is 11.8 Å². The molecule has 82 valence electrons. The fraction of sp³-hybridized carbons (Fsp3) is 0.364. The molecule has 0 spiro atoms. The smallest absolute Gasteiger partial charge is 0.249 e. The first-order valence-corrected chi connectivity index (χ1v) is 5.01. The molecule has 2 heterocycles. The zero-order valence-electron chi connectivity index (χ0n) is 9.27. The summed E-state index contributed by atoms with van der Waals surface area (Å²) in [5.74, 6) is 0.691. The second-order valence-corrected chi connectivity index (χ2v) is 3.82. The summed E-state index contributed by atoms with van der Waals surface area (Å²) in [5, 5.41) is 8.78. The van der Waals surface area contributed by atoms with Gasteiger partial charge in [-0.2, -0.15) is 5.26 Å². The number of rotatable bonds is 1. The van der Waals surface area contributed by atoms with Crippen LogP contribution in [0.2, 0.25) is 0 Å². The largest absolute Gasteiger partial charge is 0.342 e. The molecule has 0 saturated carbocycles. The van der Waals surface area contributed by atoms with E-state index >= 15 is 0 Å². The summed E-state index contributed by atoms with van der Waals surface area (Å²) in [4.78, 5) is 17.4. The number of hydrogen-bond acceptors (Lipinski definition) is 3. The monoisotopic (exact) mass is 216 g/mol. The van der Waals surface area contributed by atoms with Crippen LogP contribution in [-0.4, -0.2) is 34.0 Å². The fourth-order valence-electron chi connectivity index (χ4n) is 1.69. The Labute approximate surface area is 93.6 Å². The number of likely N-dealkylation sites (N-methyl/N-ethyl adjacent to an activating group) is 1. The first-order valence-electron chi connectivity index (χ1n) is 5.01. The number of imidazole rings is 1. The highest BCUT2D eigenvalue weighted by atomic mass is 16.2. The lowest BCUT2D eigenvalue weighted by Crippen LogP contribution is -2.19. The second-order valence-electron chi connectivity index (χ2n) is 3.82. The lowest BCUT2D eigenvalue weighted by atomic mass is 10.2. The van der Waals surface area contributed by atoms with E-state index in [1.165, 1.54) is 6.20 Å². The van der Waals surface area contributed by atoms with Gasteiger partial charge in [0.15, 0.2) is 0 Å². The number of nitriles is 1. The number of carbonyl (C=O) groups is 1. The van der Waals surface area contributed by atoms with Crippen LogP contribution in [0.15, 0.2) is 11.8 Å². The van der Waals surface area contributed by atoms with Crippen LogP contribution in [0.5, 0.6) is 0 Å². The van der Waals surface area contributed by atoms with E-state index in [2.05, 4.69) is 4.98 Å². The topological polar surface area (TPSA) is 61.9 Å². The number of nitrogens with zero attached hydrogens (tertiary/aromatic N) is 4. The number of amides is 1. The Morgan fingerprint density at radius 2 is 2.31 bits per heavy atom. The van der Waals surface area contributed by atoms with Gasteiger partial charge in [0.05, 0.1) is 6.20 Å². The molecule has 2 rings (SSSR count). The summed E-state index contributed by atoms with van der Waals surface area (Å²) < 4.78 is 1.68. The summed E-state index contributed by atoms with van der Waals surface area (Å²) in [6, 6.07) is 2.04. The molecule has 1 aliphatic rings. The standard InChI is InChI=1S/C11H12N4O/c1-14-4-3-8(11(14)16)5-10-13-7-9(6-12)15(10)2/h5,7H,3-4H2,1-2H3. The Bertz CT molecular complexity index is 507. The van der Waals surface area contributed by atoms with Crippen LogP contribution < -0.4 is 0 Å². The summed E-state index contributed by atoms with van der Waals surface area (Å²) >= 11 is 0. The van der Waals surface area contributed by atoms with E-state index in [0.717, 1.165) is 18.5 Å². The van der Waals surface area contributed by atoms with Gasteiger partial charge in [0.25, 0.3) is 0 Å². The average Bonchev–Trinajstić information content (AvgIpc) is 2.77. The van der Waals surface area contributed by atoms with Gasteiger partial charge in [0.1, 0.15) is 17.6 Å². The maximum absolute atomic E-state index is 11.7. The Morgan fingerprint density at radius 1 is 1.56 bits per heavy atom. The maximum Gasteiger partial charge on any atom is 0.249 e. The van der Waals surface area contributed by atoms with Crippen molar-refractivity contribution in [2.24, 2.45) is 7.05 Å². The summed E-state index contributed by atoms with van der Waals surface area (Å²) in [5.41, 5.74) is 1.24. The zero-order valence-corrected chi connectivity index (χ0v) is 9.27. The van der Waals surface area contributed by atoms with Gasteiger partial charge in [0, 0.05) is 26.2 Å². The van der Waals surface area contributed by atoms with Gasteiger partial charge >= 0.3 is 0 Å². The normalized spacial score (nSPS) is 18.2. The van der Waals surface area contributed by atoms with Gasteiger partial charge < -0.3 is 9.47 Å². The SMILES string of the molecule is CN1CCC(=Cc2ncc(C#N)n2C)C1=O. The van der Waals surface area contributed by atoms with Crippen molar-refractivity contribution in [2.45, 2.75) is 6.42 Å². The third-order valence-corrected chi connectivity index (χ3v) is 2.78. The molecule has 1 saturated heterocycles. The molecular weight excluding hydrogens is 204 g/mol. The van der Waals surface area contributed by atoms with Crippen LogP contribution in [0.1, 0.15) is 17.9 Å². The molecule has 16 heavy (non-hydrogen) atoms. The molecule has 1 amide bonds. The van der Waals surface area contributed by atoms with Crippen LogP contribution >= 0.6 is 0 Å². The van der Waals surface area contributed by atoms with Crippen molar-refractivity contribution in [3.63, 3.8) is 0 Å². The highest BCUT2D eigenvalue weighted by Gasteiger charge is 2.22. The van der Waals surface area contributed by atoms with Crippen molar-refractivity contribution in [3.05, 3.63) is 23.3 Å². The molecule has 0 radical (unpaired) electrons. The number of carbonyl (C=O) groups excluding carboxylic acids is 1. The molecule has 1 aliphatic heterocycles. The van der Waals surface area contributed by atoms with E-state index in [4.69, 9.17) is 5.26 Å². The zero-order chi connectivity index (χ0) is 11.7. The van der Waals surface area contributed by atoms with Crippen molar-refractivity contribution in [2.75, 3.05) is 13.6 Å². The number of aromatic nitrogens is 2. The Balaban J connectivity index is 2.34. The molecule has 5 heteroatoms. The van der Waals surface area contributed by atoms with E-state index in [-0.39, 0.29) is 5.91 Å². The Morgan fingerprint density at radius 3 is 2.81 bits per heavy atom. The van der Waals surface area contributed by atoms with Crippen LogP contribution in [0.25, 0.3) is 6.08 Å². The Kier molecular flexibility index (Phi) is 2.49. The van der Waals surface area contributed by atoms with Crippen LogP contribution in [0.4, 0.5) is 0 Å². The molecule has 1 aromatic rings. The summed E-state index contributed by atoms with van der Waals surface area (Å²) in [6.07, 6.45) is 4.01. The third kappa shape index (κ3) is 1.58. The maximum atomic E-state index is 11.7. The fourth-order valence-corrected chi connectivity index (χ4v) is 1.69. The number of hydrogen-bond donors (Lipinski definition) is 0. The molecule has 0 aromatic carbocycles. The van der Waals surface area contributed by atoms with Gasteiger partial charge in [-0.1, -0.05) is 0 Å². The molecule has 0 N–H and O–H groups in total. The minimum absolute atomic E-state index is 0.0431. The highest BCUT2D eigenvalue weighted by Crippen LogP contribution is 2.18. The van der Waals surface area contributed by atoms with Crippen molar-refractivity contribution in [3.8, 4) is 6.07 Å². The van der Waals surface area contributed by atoms with Gasteiger partial charge in [-0.25, -0.2) is 4.98 Å². The average molecular weight is 216 g/mol. The van der Waals surface area contributed by atoms with E-state index < -0.39 is 0 Å². The van der Waals surface area contributed by atoms with Gasteiger partial charge in [0.2, 0.25) is 5.91 Å². The molecule has 0 aliphatic carbocycles. The molecule has 0 unspecified atom stereocenters. The first-order chi connectivity index (χ1) is 7.63. The van der Waals surface area contributed by atoms with Crippen molar-refractivity contribution in [1.82, 2.24) is 14.5 Å². The molecule has 5 nitrogen and oxygen atoms in total. The van der Waals surface area contributed by atoms with Crippen molar-refractivity contribution in [1.29, 1.82) is 5.26 Å². The highest BCUT2D eigenvalue weighted by molar-refractivity contribution is 5.99. The first kappa shape index (κ1) is 10.4. The third-order valence-electron chi connectivity index (χ3n) is 2.78. The van der Waals surface area contributed by atoms with Crippen LogP contribution in [0, 0.1) is 11.3 Å². The van der Waals surface area contributed by atoms with Gasteiger partial charge in [-0.05, 0) is 12.5 Å². The quantitative estimate of drug-likeness (QED) is 0.643. The van der Waals surface area contributed by atoms with Gasteiger partial charge in [-0.3, -0.25) is 4.79 Å². The number of likely N-dealkylation sites (tertiary alicyclic amines) is 1. The minimum Gasteiger partial charge on any atom is -0.342 e. The van der Waals surface area contributed by atoms with Crippen molar-refractivity contribution >= 4 is 12.0 Å². The van der Waals surface area contributed by atoms with E-state index in [0.29, 0.717) is 11.5 Å². The van der Waals surface area contributed by atoms with E-state index in [9.17, 15) is 4.79 Å². The molecular formula is C11H12N4O. The molecule has 0 bridgehead atoms. The summed E-state index contributed by atoms with van der Waals surface area (Å²) in [7, 11) is 3.55. The Hall–Kier alpha value is -2.09. The van der Waals surface area contributed by atoms with Crippen molar-refractivity contribution < 1.29 is 4.79 Å². The second kappa shape index (κ2) is 3.81. The van der Waals surface area contributed by atoms with Crippen LogP contribution in [0.3, 0.4) is 0 Å². The molecule has 0 atom stereocenters. The predicted octanol–water partition coefficient (Wildman–Crippen LogP) is 0.537.